The summed E-state index contributed by atoms with van der Waals surface area (Å²) in [6.45, 7) is 4.68. The van der Waals surface area contributed by atoms with E-state index in [1.54, 1.807) is 0 Å². The highest BCUT2D eigenvalue weighted by Crippen LogP contribution is 2.28. The van der Waals surface area contributed by atoms with E-state index in [-0.39, 0.29) is 0 Å². The van der Waals surface area contributed by atoms with Crippen molar-refractivity contribution >= 4 is 0 Å². The molecule has 0 amide bonds. The number of hydrogen-bond donors (Lipinski definition) is 1. The molecule has 1 aliphatic heterocycles. The van der Waals surface area contributed by atoms with E-state index in [0.29, 0.717) is 6.04 Å². The molecule has 1 aromatic rings. The Balaban J connectivity index is 1.66. The van der Waals surface area contributed by atoms with Gasteiger partial charge in [0.1, 0.15) is 0 Å². The molecule has 104 valence electrons. The Labute approximate surface area is 116 Å². The van der Waals surface area contributed by atoms with Crippen LogP contribution in [-0.4, -0.2) is 36.1 Å². The largest absolute Gasteiger partial charge is 0.314 e. The first-order valence-electron chi connectivity index (χ1n) is 7.78. The molecule has 1 aromatic heterocycles. The maximum Gasteiger partial charge on any atom is 0.0474 e. The minimum absolute atomic E-state index is 0.540. The zero-order valence-electron chi connectivity index (χ0n) is 11.7. The summed E-state index contributed by atoms with van der Waals surface area (Å²) >= 11 is 0. The molecular weight excluding hydrogens is 234 g/mol. The van der Waals surface area contributed by atoms with E-state index in [4.69, 9.17) is 0 Å². The molecule has 3 rings (SSSR count). The SMILES string of the molecule is c1cc(C2CNCCN2CC2CCCCC2)ccn1. The first kappa shape index (κ1) is 13.1. The van der Waals surface area contributed by atoms with Crippen LogP contribution in [0.3, 0.4) is 0 Å². The smallest absolute Gasteiger partial charge is 0.0474 e. The number of rotatable bonds is 3. The van der Waals surface area contributed by atoms with Crippen molar-refractivity contribution in [2.24, 2.45) is 5.92 Å². The van der Waals surface area contributed by atoms with Crippen LogP contribution in [-0.2, 0) is 0 Å². The van der Waals surface area contributed by atoms with E-state index in [1.165, 1.54) is 50.8 Å². The Morgan fingerprint density at radius 1 is 1.16 bits per heavy atom. The highest BCUT2D eigenvalue weighted by Gasteiger charge is 2.26. The third-order valence-corrected chi connectivity index (χ3v) is 4.66. The fraction of sp³-hybridized carbons (Fsp3) is 0.688. The number of nitrogens with one attached hydrogen (secondary N) is 1. The van der Waals surface area contributed by atoms with Crippen LogP contribution in [0, 0.1) is 5.92 Å². The van der Waals surface area contributed by atoms with Gasteiger partial charge in [-0.3, -0.25) is 9.88 Å². The van der Waals surface area contributed by atoms with Crippen molar-refractivity contribution in [3.8, 4) is 0 Å². The molecule has 1 unspecified atom stereocenters. The molecule has 1 atom stereocenters. The van der Waals surface area contributed by atoms with Crippen molar-refractivity contribution in [3.63, 3.8) is 0 Å². The maximum absolute atomic E-state index is 4.14. The minimum atomic E-state index is 0.540. The number of nitrogens with zero attached hydrogens (tertiary/aromatic N) is 2. The lowest BCUT2D eigenvalue weighted by Crippen LogP contribution is -2.47. The Morgan fingerprint density at radius 2 is 1.95 bits per heavy atom. The van der Waals surface area contributed by atoms with Crippen LogP contribution in [0.4, 0.5) is 0 Å². The normalized spacial score (nSPS) is 26.4. The van der Waals surface area contributed by atoms with Crippen LogP contribution in [0.15, 0.2) is 24.5 Å². The molecule has 19 heavy (non-hydrogen) atoms. The molecule has 3 nitrogen and oxygen atoms in total. The fourth-order valence-electron chi connectivity index (χ4n) is 3.58. The minimum Gasteiger partial charge on any atom is -0.314 e. The molecule has 0 aromatic carbocycles. The van der Waals surface area contributed by atoms with Crippen LogP contribution in [0.5, 0.6) is 0 Å². The van der Waals surface area contributed by atoms with Crippen molar-refractivity contribution in [2.45, 2.75) is 38.1 Å². The van der Waals surface area contributed by atoms with E-state index in [1.807, 2.05) is 12.4 Å². The number of pyridine rings is 1. The molecule has 1 N–H and O–H groups in total. The van der Waals surface area contributed by atoms with Crippen LogP contribution in [0.2, 0.25) is 0 Å². The van der Waals surface area contributed by atoms with Crippen LogP contribution >= 0.6 is 0 Å². The predicted molar refractivity (Wildman–Crippen MR) is 78.0 cm³/mol. The lowest BCUT2D eigenvalue weighted by molar-refractivity contribution is 0.123. The summed E-state index contributed by atoms with van der Waals surface area (Å²) in [6.07, 6.45) is 11.0. The van der Waals surface area contributed by atoms with E-state index in [0.717, 1.165) is 19.0 Å². The van der Waals surface area contributed by atoms with Crippen molar-refractivity contribution in [1.82, 2.24) is 15.2 Å². The Morgan fingerprint density at radius 3 is 2.74 bits per heavy atom. The van der Waals surface area contributed by atoms with Gasteiger partial charge in [0.2, 0.25) is 0 Å². The Kier molecular flexibility index (Phi) is 4.46. The van der Waals surface area contributed by atoms with Gasteiger partial charge in [-0.1, -0.05) is 19.3 Å². The van der Waals surface area contributed by atoms with Crippen LogP contribution in [0.1, 0.15) is 43.7 Å². The van der Waals surface area contributed by atoms with E-state index < -0.39 is 0 Å². The second kappa shape index (κ2) is 6.49. The summed E-state index contributed by atoms with van der Waals surface area (Å²) in [6, 6.07) is 4.88. The first-order chi connectivity index (χ1) is 9.43. The standard InChI is InChI=1S/C16H25N3/c1-2-4-14(5-3-1)13-19-11-10-18-12-16(19)15-6-8-17-9-7-15/h6-9,14,16,18H,1-5,10-13H2. The molecule has 0 bridgehead atoms. The van der Waals surface area contributed by atoms with Gasteiger partial charge >= 0.3 is 0 Å². The van der Waals surface area contributed by atoms with Crippen LogP contribution < -0.4 is 5.32 Å². The zero-order chi connectivity index (χ0) is 12.9. The van der Waals surface area contributed by atoms with E-state index in [9.17, 15) is 0 Å². The third kappa shape index (κ3) is 3.34. The summed E-state index contributed by atoms with van der Waals surface area (Å²) in [5.41, 5.74) is 1.41. The van der Waals surface area contributed by atoms with E-state index >= 15 is 0 Å². The zero-order valence-corrected chi connectivity index (χ0v) is 11.7. The van der Waals surface area contributed by atoms with Gasteiger partial charge in [0.05, 0.1) is 0 Å². The van der Waals surface area contributed by atoms with Gasteiger partial charge in [0, 0.05) is 44.6 Å². The average Bonchev–Trinajstić information content (AvgIpc) is 2.50. The molecule has 2 heterocycles. The van der Waals surface area contributed by atoms with Crippen molar-refractivity contribution in [3.05, 3.63) is 30.1 Å². The quantitative estimate of drug-likeness (QED) is 0.904. The van der Waals surface area contributed by atoms with Gasteiger partial charge in [-0.05, 0) is 36.5 Å². The molecule has 1 aliphatic carbocycles. The molecule has 3 heteroatoms. The lowest BCUT2D eigenvalue weighted by atomic mass is 9.88. The molecule has 1 saturated carbocycles. The Bertz CT molecular complexity index is 373. The van der Waals surface area contributed by atoms with Crippen molar-refractivity contribution in [2.75, 3.05) is 26.2 Å². The van der Waals surface area contributed by atoms with E-state index in [2.05, 4.69) is 27.3 Å². The third-order valence-electron chi connectivity index (χ3n) is 4.66. The lowest BCUT2D eigenvalue weighted by Gasteiger charge is -2.39. The summed E-state index contributed by atoms with van der Waals surface area (Å²) in [7, 11) is 0. The van der Waals surface area contributed by atoms with Crippen molar-refractivity contribution in [1.29, 1.82) is 0 Å². The average molecular weight is 259 g/mol. The van der Waals surface area contributed by atoms with Gasteiger partial charge in [-0.15, -0.1) is 0 Å². The number of aromatic nitrogens is 1. The maximum atomic E-state index is 4.14. The first-order valence-corrected chi connectivity index (χ1v) is 7.78. The molecule has 2 fully saturated rings. The highest BCUT2D eigenvalue weighted by atomic mass is 15.2. The molecule has 0 radical (unpaired) electrons. The topological polar surface area (TPSA) is 28.2 Å². The summed E-state index contributed by atoms with van der Waals surface area (Å²) in [4.78, 5) is 6.84. The summed E-state index contributed by atoms with van der Waals surface area (Å²) in [5.74, 6) is 0.927. The van der Waals surface area contributed by atoms with Crippen molar-refractivity contribution < 1.29 is 0 Å². The molecular formula is C16H25N3. The fourth-order valence-corrected chi connectivity index (χ4v) is 3.58. The molecule has 0 spiro atoms. The van der Waals surface area contributed by atoms with Crippen LogP contribution in [0.25, 0.3) is 0 Å². The number of hydrogen-bond acceptors (Lipinski definition) is 3. The predicted octanol–water partition coefficient (Wildman–Crippen LogP) is 2.61. The summed E-state index contributed by atoms with van der Waals surface area (Å²) in [5, 5.41) is 3.54. The van der Waals surface area contributed by atoms with Gasteiger partial charge < -0.3 is 5.32 Å². The highest BCUT2D eigenvalue weighted by molar-refractivity contribution is 5.16. The second-order valence-corrected chi connectivity index (χ2v) is 6.00. The Hall–Kier alpha value is -0.930. The van der Waals surface area contributed by atoms with Gasteiger partial charge in [0.25, 0.3) is 0 Å². The monoisotopic (exact) mass is 259 g/mol. The van der Waals surface area contributed by atoms with Gasteiger partial charge in [0.15, 0.2) is 0 Å². The second-order valence-electron chi connectivity index (χ2n) is 6.00. The summed E-state index contributed by atoms with van der Waals surface area (Å²) < 4.78 is 0. The molecule has 1 saturated heterocycles. The molecule has 2 aliphatic rings. The number of piperazine rings is 1. The van der Waals surface area contributed by atoms with Gasteiger partial charge in [-0.2, -0.15) is 0 Å². The van der Waals surface area contributed by atoms with Gasteiger partial charge in [-0.25, -0.2) is 0 Å².